The summed E-state index contributed by atoms with van der Waals surface area (Å²) in [4.78, 5) is 16.1. The zero-order valence-corrected chi connectivity index (χ0v) is 13.7. The molecule has 0 aliphatic heterocycles. The summed E-state index contributed by atoms with van der Waals surface area (Å²) in [5, 5.41) is 3.22. The number of furan rings is 1. The molecule has 0 spiro atoms. The van der Waals surface area contributed by atoms with Crippen LogP contribution in [0.25, 0.3) is 11.3 Å². The summed E-state index contributed by atoms with van der Waals surface area (Å²) in [5.41, 5.74) is 0.728. The van der Waals surface area contributed by atoms with E-state index >= 15 is 0 Å². The van der Waals surface area contributed by atoms with Crippen molar-refractivity contribution in [3.05, 3.63) is 60.4 Å². The number of hydrogen-bond donors (Lipinski definition) is 1. The lowest BCUT2D eigenvalue weighted by atomic mass is 10.2. The van der Waals surface area contributed by atoms with Gasteiger partial charge in [0.2, 0.25) is 5.91 Å². The summed E-state index contributed by atoms with van der Waals surface area (Å²) >= 11 is 1.19. The third-order valence-electron chi connectivity index (χ3n) is 3.29. The van der Waals surface area contributed by atoms with Crippen molar-refractivity contribution < 1.29 is 18.0 Å². The number of aromatic nitrogens is 1. The summed E-state index contributed by atoms with van der Waals surface area (Å²) in [6, 6.07) is 9.32. The highest BCUT2D eigenvalue weighted by Crippen LogP contribution is 2.25. The Kier molecular flexibility index (Phi) is 5.00. The Morgan fingerprint density at radius 2 is 2.12 bits per heavy atom. The van der Waals surface area contributed by atoms with Gasteiger partial charge < -0.3 is 14.2 Å². The van der Waals surface area contributed by atoms with Crippen molar-refractivity contribution in [3.8, 4) is 11.3 Å². The summed E-state index contributed by atoms with van der Waals surface area (Å²) in [5.74, 6) is 0.944. The van der Waals surface area contributed by atoms with Gasteiger partial charge in [0, 0.05) is 5.56 Å². The number of thioether (sulfide) groups is 1. The van der Waals surface area contributed by atoms with Crippen LogP contribution in [0.4, 0.5) is 4.39 Å². The molecule has 1 atom stereocenters. The van der Waals surface area contributed by atoms with Crippen molar-refractivity contribution in [2.24, 2.45) is 0 Å². The van der Waals surface area contributed by atoms with Crippen molar-refractivity contribution in [1.82, 2.24) is 10.3 Å². The lowest BCUT2D eigenvalue weighted by Gasteiger charge is -2.10. The van der Waals surface area contributed by atoms with Crippen LogP contribution in [0.1, 0.15) is 18.7 Å². The van der Waals surface area contributed by atoms with Crippen LogP contribution in [0.2, 0.25) is 0 Å². The molecule has 0 saturated heterocycles. The molecule has 24 heavy (non-hydrogen) atoms. The first-order valence-electron chi connectivity index (χ1n) is 7.29. The lowest BCUT2D eigenvalue weighted by molar-refractivity contribution is -0.119. The van der Waals surface area contributed by atoms with Gasteiger partial charge in [-0.25, -0.2) is 9.37 Å². The van der Waals surface area contributed by atoms with E-state index in [2.05, 4.69) is 10.3 Å². The maximum atomic E-state index is 12.9. The second-order valence-electron chi connectivity index (χ2n) is 5.09. The van der Waals surface area contributed by atoms with Crippen LogP contribution in [0.15, 0.2) is 62.9 Å². The Hall–Kier alpha value is -2.54. The maximum Gasteiger partial charge on any atom is 0.256 e. The van der Waals surface area contributed by atoms with Crippen molar-refractivity contribution in [2.45, 2.75) is 18.2 Å². The number of benzene rings is 1. The van der Waals surface area contributed by atoms with Crippen molar-refractivity contribution in [1.29, 1.82) is 0 Å². The predicted octanol–water partition coefficient (Wildman–Crippen LogP) is 4.04. The smallest absolute Gasteiger partial charge is 0.256 e. The van der Waals surface area contributed by atoms with Crippen molar-refractivity contribution in [2.75, 3.05) is 5.75 Å². The Bertz CT molecular complexity index is 800. The first-order valence-corrected chi connectivity index (χ1v) is 8.28. The fourth-order valence-electron chi connectivity index (χ4n) is 2.09. The molecule has 7 heteroatoms. The van der Waals surface area contributed by atoms with Gasteiger partial charge in [-0.15, -0.1) is 0 Å². The molecular formula is C17H15FN2O3S. The third kappa shape index (κ3) is 4.05. The largest absolute Gasteiger partial charge is 0.467 e. The van der Waals surface area contributed by atoms with Crippen LogP contribution < -0.4 is 5.32 Å². The summed E-state index contributed by atoms with van der Waals surface area (Å²) < 4.78 is 23.7. The van der Waals surface area contributed by atoms with E-state index < -0.39 is 0 Å². The third-order valence-corrected chi connectivity index (χ3v) is 4.13. The SMILES string of the molecule is CC(NC(=O)CSc1ncc(-c2ccc(F)cc2)o1)c1ccco1. The molecule has 3 aromatic rings. The number of carbonyl (C=O) groups excluding carboxylic acids is 1. The molecule has 0 fully saturated rings. The lowest BCUT2D eigenvalue weighted by Crippen LogP contribution is -2.27. The molecule has 1 N–H and O–H groups in total. The van der Waals surface area contributed by atoms with Gasteiger partial charge in [-0.3, -0.25) is 4.79 Å². The van der Waals surface area contributed by atoms with E-state index in [9.17, 15) is 9.18 Å². The Balaban J connectivity index is 1.53. The predicted molar refractivity (Wildman–Crippen MR) is 87.9 cm³/mol. The number of halogens is 1. The number of rotatable bonds is 6. The number of nitrogens with zero attached hydrogens (tertiary/aromatic N) is 1. The van der Waals surface area contributed by atoms with E-state index in [4.69, 9.17) is 8.83 Å². The normalized spacial score (nSPS) is 12.1. The quantitative estimate of drug-likeness (QED) is 0.682. The molecular weight excluding hydrogens is 331 g/mol. The Morgan fingerprint density at radius 1 is 1.33 bits per heavy atom. The number of hydrogen-bond acceptors (Lipinski definition) is 5. The number of carbonyl (C=O) groups is 1. The van der Waals surface area contributed by atoms with Gasteiger partial charge in [0.1, 0.15) is 11.6 Å². The van der Waals surface area contributed by atoms with Gasteiger partial charge in [-0.2, -0.15) is 0 Å². The van der Waals surface area contributed by atoms with Gasteiger partial charge in [0.25, 0.3) is 5.22 Å². The number of nitrogens with one attached hydrogen (secondary N) is 1. The maximum absolute atomic E-state index is 12.9. The van der Waals surface area contributed by atoms with E-state index in [0.717, 1.165) is 5.56 Å². The highest BCUT2D eigenvalue weighted by molar-refractivity contribution is 7.99. The molecule has 1 amide bonds. The number of oxazole rings is 1. The van der Waals surface area contributed by atoms with Crippen molar-refractivity contribution >= 4 is 17.7 Å². The first-order chi connectivity index (χ1) is 11.6. The monoisotopic (exact) mass is 346 g/mol. The van der Waals surface area contributed by atoms with Gasteiger partial charge in [0.15, 0.2) is 5.76 Å². The van der Waals surface area contributed by atoms with E-state index in [-0.39, 0.29) is 23.5 Å². The van der Waals surface area contributed by atoms with Gasteiger partial charge in [-0.05, 0) is 43.3 Å². The van der Waals surface area contributed by atoms with E-state index in [1.807, 2.05) is 6.92 Å². The topological polar surface area (TPSA) is 68.3 Å². The molecule has 0 aliphatic carbocycles. The minimum atomic E-state index is -0.310. The molecule has 0 aliphatic rings. The molecule has 0 radical (unpaired) electrons. The standard InChI is InChI=1S/C17H15FN2O3S/c1-11(14-3-2-8-22-14)20-16(21)10-24-17-19-9-15(23-17)12-4-6-13(18)7-5-12/h2-9,11H,10H2,1H3,(H,20,21). The zero-order valence-electron chi connectivity index (χ0n) is 12.9. The van der Waals surface area contributed by atoms with E-state index in [1.165, 1.54) is 23.9 Å². The molecule has 2 heterocycles. The summed E-state index contributed by atoms with van der Waals surface area (Å²) in [6.07, 6.45) is 3.12. The van der Waals surface area contributed by atoms with E-state index in [1.54, 1.807) is 36.7 Å². The molecule has 1 unspecified atom stereocenters. The van der Waals surface area contributed by atoms with Crippen LogP contribution in [0.3, 0.4) is 0 Å². The fourth-order valence-corrected chi connectivity index (χ4v) is 2.71. The van der Waals surface area contributed by atoms with Crippen LogP contribution in [-0.2, 0) is 4.79 Å². The number of amides is 1. The minimum Gasteiger partial charge on any atom is -0.467 e. The molecule has 2 aromatic heterocycles. The first kappa shape index (κ1) is 16.3. The molecule has 124 valence electrons. The second kappa shape index (κ2) is 7.35. The van der Waals surface area contributed by atoms with Crippen LogP contribution in [0, 0.1) is 5.82 Å². The summed E-state index contributed by atoms with van der Waals surface area (Å²) in [6.45, 7) is 1.85. The highest BCUT2D eigenvalue weighted by Gasteiger charge is 2.14. The van der Waals surface area contributed by atoms with Crippen LogP contribution >= 0.6 is 11.8 Å². The average molecular weight is 346 g/mol. The average Bonchev–Trinajstić information content (AvgIpc) is 3.25. The van der Waals surface area contributed by atoms with Crippen LogP contribution in [0.5, 0.6) is 0 Å². The minimum absolute atomic E-state index is 0.148. The Morgan fingerprint density at radius 3 is 2.83 bits per heavy atom. The zero-order chi connectivity index (χ0) is 16.9. The highest BCUT2D eigenvalue weighted by atomic mass is 32.2. The molecule has 5 nitrogen and oxygen atoms in total. The van der Waals surface area contributed by atoms with Gasteiger partial charge >= 0.3 is 0 Å². The van der Waals surface area contributed by atoms with Gasteiger partial charge in [0.05, 0.1) is 24.3 Å². The Labute approximate surface area is 142 Å². The summed E-state index contributed by atoms with van der Waals surface area (Å²) in [7, 11) is 0. The molecule has 0 bridgehead atoms. The fraction of sp³-hybridized carbons (Fsp3) is 0.176. The van der Waals surface area contributed by atoms with Crippen LogP contribution in [-0.4, -0.2) is 16.6 Å². The van der Waals surface area contributed by atoms with Crippen molar-refractivity contribution in [3.63, 3.8) is 0 Å². The molecule has 1 aromatic carbocycles. The van der Waals surface area contributed by atoms with Gasteiger partial charge in [-0.1, -0.05) is 11.8 Å². The second-order valence-corrected chi connectivity index (χ2v) is 6.02. The van der Waals surface area contributed by atoms with E-state index in [0.29, 0.717) is 16.7 Å². The molecule has 3 rings (SSSR count). The molecule has 0 saturated carbocycles.